The normalized spacial score (nSPS) is 10.7. The molecule has 2 heterocycles. The van der Waals surface area contributed by atoms with Gasteiger partial charge in [-0.1, -0.05) is 0 Å². The van der Waals surface area contributed by atoms with Crippen LogP contribution >= 0.6 is 11.3 Å². The van der Waals surface area contributed by atoms with Crippen LogP contribution in [0.1, 0.15) is 9.67 Å². The largest absolute Gasteiger partial charge is 0.453 e. The van der Waals surface area contributed by atoms with E-state index in [1.165, 1.54) is 28.5 Å². The Morgan fingerprint density at radius 2 is 2.04 bits per heavy atom. The summed E-state index contributed by atoms with van der Waals surface area (Å²) in [6.07, 6.45) is 1.48. The van der Waals surface area contributed by atoms with Crippen LogP contribution in [-0.2, 0) is 0 Å². The molecule has 0 unspecified atom stereocenters. The Morgan fingerprint density at radius 3 is 2.68 bits per heavy atom. The third-order valence-corrected chi connectivity index (χ3v) is 4.47. The second-order valence-electron chi connectivity index (χ2n) is 5.31. The summed E-state index contributed by atoms with van der Waals surface area (Å²) in [4.78, 5) is 28.2. The molecule has 128 valence electrons. The van der Waals surface area contributed by atoms with Crippen molar-refractivity contribution < 1.29 is 18.8 Å². The average molecular weight is 361 g/mol. The summed E-state index contributed by atoms with van der Waals surface area (Å²) in [6.45, 7) is 0. The highest BCUT2D eigenvalue weighted by atomic mass is 32.1. The summed E-state index contributed by atoms with van der Waals surface area (Å²) in [7, 11) is 3.29. The molecule has 0 aliphatic carbocycles. The number of hydrogen-bond donors (Lipinski definition) is 0. The van der Waals surface area contributed by atoms with Gasteiger partial charge in [-0.3, -0.25) is 19.9 Å². The highest BCUT2D eigenvalue weighted by Gasteiger charge is 2.17. The van der Waals surface area contributed by atoms with Crippen LogP contribution in [0.15, 0.2) is 36.5 Å². The van der Waals surface area contributed by atoms with Gasteiger partial charge in [0.25, 0.3) is 11.6 Å². The number of pyridine rings is 1. The molecule has 0 saturated heterocycles. The van der Waals surface area contributed by atoms with Crippen molar-refractivity contribution in [1.82, 2.24) is 9.88 Å². The topological polar surface area (TPSA) is 85.6 Å². The van der Waals surface area contributed by atoms with Gasteiger partial charge in [0.2, 0.25) is 0 Å². The Morgan fingerprint density at radius 1 is 1.28 bits per heavy atom. The van der Waals surface area contributed by atoms with Crippen molar-refractivity contribution >= 4 is 33.1 Å². The van der Waals surface area contributed by atoms with E-state index >= 15 is 0 Å². The molecule has 1 amide bonds. The highest BCUT2D eigenvalue weighted by Crippen LogP contribution is 2.36. The van der Waals surface area contributed by atoms with E-state index in [1.807, 2.05) is 0 Å². The molecule has 0 N–H and O–H groups in total. The number of hydrogen-bond acceptors (Lipinski definition) is 6. The van der Waals surface area contributed by atoms with Crippen LogP contribution in [0.25, 0.3) is 10.2 Å². The molecule has 9 heteroatoms. The fourth-order valence-corrected chi connectivity index (χ4v) is 3.21. The second kappa shape index (κ2) is 6.44. The van der Waals surface area contributed by atoms with E-state index in [1.54, 1.807) is 26.2 Å². The molecule has 1 aromatic carbocycles. The number of halogens is 1. The van der Waals surface area contributed by atoms with Gasteiger partial charge in [-0.15, -0.1) is 11.3 Å². The van der Waals surface area contributed by atoms with Gasteiger partial charge >= 0.3 is 0 Å². The summed E-state index contributed by atoms with van der Waals surface area (Å²) in [5.74, 6) is -0.844. The number of thiophene rings is 1. The molecule has 0 radical (unpaired) electrons. The average Bonchev–Trinajstić information content (AvgIpc) is 3.00. The van der Waals surface area contributed by atoms with Crippen LogP contribution in [0.3, 0.4) is 0 Å². The molecule has 0 atom stereocenters. The maximum atomic E-state index is 14.0. The Labute approximate surface area is 145 Å². The molecule has 0 aliphatic rings. The number of benzene rings is 1. The molecule has 3 rings (SSSR count). The number of fused-ring (bicyclic) bond motifs is 1. The van der Waals surface area contributed by atoms with E-state index in [0.717, 1.165) is 12.1 Å². The summed E-state index contributed by atoms with van der Waals surface area (Å²) < 4.78 is 20.2. The van der Waals surface area contributed by atoms with Crippen LogP contribution in [0.5, 0.6) is 11.5 Å². The first-order valence-corrected chi connectivity index (χ1v) is 7.90. The Hall–Kier alpha value is -3.07. The number of nitro benzene ring substituents is 1. The standard InChI is InChI=1S/C16H12FN3O4S/c1-19(2)16(21)14-8-11-15(25-14)13(5-6-18-11)24-12-4-3-9(20(22)23)7-10(12)17/h3-8H,1-2H3. The first-order valence-electron chi connectivity index (χ1n) is 7.09. The minimum Gasteiger partial charge on any atom is -0.453 e. The third-order valence-electron chi connectivity index (χ3n) is 3.34. The highest BCUT2D eigenvalue weighted by molar-refractivity contribution is 7.21. The van der Waals surface area contributed by atoms with E-state index in [-0.39, 0.29) is 17.3 Å². The summed E-state index contributed by atoms with van der Waals surface area (Å²) >= 11 is 1.18. The van der Waals surface area contributed by atoms with Crippen molar-refractivity contribution in [1.29, 1.82) is 0 Å². The quantitative estimate of drug-likeness (QED) is 0.521. The summed E-state index contributed by atoms with van der Waals surface area (Å²) in [5.41, 5.74) is 0.190. The fourth-order valence-electron chi connectivity index (χ4n) is 2.13. The smallest absolute Gasteiger partial charge is 0.272 e. The lowest BCUT2D eigenvalue weighted by molar-refractivity contribution is -0.385. The number of carbonyl (C=O) groups excluding carboxylic acids is 1. The number of rotatable bonds is 4. The van der Waals surface area contributed by atoms with Crippen LogP contribution in [0.2, 0.25) is 0 Å². The first-order chi connectivity index (χ1) is 11.9. The SMILES string of the molecule is CN(C)C(=O)c1cc2nccc(Oc3ccc([N+](=O)[O-])cc3F)c2s1. The molecule has 0 bridgehead atoms. The van der Waals surface area contributed by atoms with Gasteiger partial charge in [0.05, 0.1) is 26.1 Å². The molecule has 7 nitrogen and oxygen atoms in total. The van der Waals surface area contributed by atoms with Gasteiger partial charge in [-0.25, -0.2) is 4.39 Å². The monoisotopic (exact) mass is 361 g/mol. The predicted octanol–water partition coefficient (Wildman–Crippen LogP) is 3.84. The van der Waals surface area contributed by atoms with E-state index < -0.39 is 10.7 Å². The van der Waals surface area contributed by atoms with E-state index in [0.29, 0.717) is 20.8 Å². The van der Waals surface area contributed by atoms with Crippen LogP contribution in [-0.4, -0.2) is 34.8 Å². The first kappa shape index (κ1) is 16.8. The molecule has 0 fully saturated rings. The number of non-ortho nitro benzene ring substituents is 1. The minimum atomic E-state index is -0.847. The Kier molecular flexibility index (Phi) is 4.32. The Bertz CT molecular complexity index is 987. The zero-order valence-electron chi connectivity index (χ0n) is 13.2. The van der Waals surface area contributed by atoms with Gasteiger partial charge in [-0.05, 0) is 12.1 Å². The molecule has 2 aromatic heterocycles. The van der Waals surface area contributed by atoms with E-state index in [2.05, 4.69) is 4.98 Å². The van der Waals surface area contributed by atoms with Gasteiger partial charge < -0.3 is 9.64 Å². The number of aromatic nitrogens is 1. The van der Waals surface area contributed by atoms with E-state index in [9.17, 15) is 19.3 Å². The van der Waals surface area contributed by atoms with Gasteiger partial charge in [0, 0.05) is 32.4 Å². The van der Waals surface area contributed by atoms with Crippen molar-refractivity contribution in [2.45, 2.75) is 0 Å². The molecule has 3 aromatic rings. The minimum absolute atomic E-state index is 0.146. The number of ether oxygens (including phenoxy) is 1. The Balaban J connectivity index is 1.99. The predicted molar refractivity (Wildman–Crippen MR) is 90.8 cm³/mol. The van der Waals surface area contributed by atoms with E-state index in [4.69, 9.17) is 4.74 Å². The third kappa shape index (κ3) is 3.26. The van der Waals surface area contributed by atoms with Gasteiger partial charge in [0.15, 0.2) is 11.6 Å². The number of nitrogens with zero attached hydrogens (tertiary/aromatic N) is 3. The van der Waals surface area contributed by atoms with Crippen LogP contribution in [0.4, 0.5) is 10.1 Å². The maximum absolute atomic E-state index is 14.0. The zero-order valence-corrected chi connectivity index (χ0v) is 14.0. The number of carbonyl (C=O) groups is 1. The molecule has 0 spiro atoms. The lowest BCUT2D eigenvalue weighted by Gasteiger charge is -2.07. The van der Waals surface area contributed by atoms with Crippen molar-refractivity contribution in [3.63, 3.8) is 0 Å². The van der Waals surface area contributed by atoms with Gasteiger partial charge in [-0.2, -0.15) is 0 Å². The summed E-state index contributed by atoms with van der Waals surface area (Å²) in [5, 5.41) is 10.7. The lowest BCUT2D eigenvalue weighted by atomic mass is 10.3. The van der Waals surface area contributed by atoms with Crippen LogP contribution < -0.4 is 4.74 Å². The fraction of sp³-hybridized carbons (Fsp3) is 0.125. The lowest BCUT2D eigenvalue weighted by Crippen LogP contribution is -2.20. The number of amides is 1. The molecule has 0 aliphatic heterocycles. The summed E-state index contributed by atoms with van der Waals surface area (Å²) in [6, 6.07) is 6.33. The molecular weight excluding hydrogens is 349 g/mol. The zero-order chi connectivity index (χ0) is 18.1. The van der Waals surface area contributed by atoms with Crippen molar-refractivity contribution in [2.75, 3.05) is 14.1 Å². The van der Waals surface area contributed by atoms with Gasteiger partial charge in [0.1, 0.15) is 5.75 Å². The second-order valence-corrected chi connectivity index (χ2v) is 6.36. The molecule has 25 heavy (non-hydrogen) atoms. The molecule has 0 saturated carbocycles. The van der Waals surface area contributed by atoms with Crippen LogP contribution in [0, 0.1) is 15.9 Å². The molecular formula is C16H12FN3O4S. The van der Waals surface area contributed by atoms with Crippen molar-refractivity contribution in [3.05, 3.63) is 57.3 Å². The maximum Gasteiger partial charge on any atom is 0.272 e. The van der Waals surface area contributed by atoms with Crippen molar-refractivity contribution in [2.24, 2.45) is 0 Å². The van der Waals surface area contributed by atoms with Crippen molar-refractivity contribution in [3.8, 4) is 11.5 Å². The number of nitro groups is 1.